The van der Waals surface area contributed by atoms with E-state index < -0.39 is 5.97 Å². The van der Waals surface area contributed by atoms with Crippen LogP contribution in [0, 0.1) is 5.92 Å². The number of hydrogen-bond donors (Lipinski definition) is 1. The molecule has 0 aromatic heterocycles. The maximum absolute atomic E-state index is 11.7. The van der Waals surface area contributed by atoms with Crippen LogP contribution in [0.5, 0.6) is 5.75 Å². The first-order valence-electron chi connectivity index (χ1n) is 7.22. The molecule has 0 bridgehead atoms. The second-order valence-electron chi connectivity index (χ2n) is 4.97. The molecule has 0 saturated heterocycles. The van der Waals surface area contributed by atoms with Crippen molar-refractivity contribution >= 4 is 11.7 Å². The number of anilines is 1. The number of benzene rings is 1. The van der Waals surface area contributed by atoms with Gasteiger partial charge in [-0.15, -0.1) is 0 Å². The third-order valence-electron chi connectivity index (χ3n) is 3.43. The topological polar surface area (TPSA) is 61.5 Å². The van der Waals surface area contributed by atoms with E-state index >= 15 is 0 Å². The van der Waals surface area contributed by atoms with Gasteiger partial charge in [0.2, 0.25) is 0 Å². The maximum Gasteiger partial charge on any atom is 0.341 e. The van der Waals surface area contributed by atoms with Gasteiger partial charge in [-0.25, -0.2) is 4.79 Å². The van der Waals surface area contributed by atoms with Crippen LogP contribution in [0.1, 0.15) is 49.9 Å². The molecule has 1 rings (SSSR count). The first-order valence-corrected chi connectivity index (χ1v) is 7.22. The van der Waals surface area contributed by atoms with Crippen molar-refractivity contribution < 1.29 is 14.3 Å². The van der Waals surface area contributed by atoms with E-state index in [2.05, 4.69) is 13.8 Å². The molecule has 0 aliphatic carbocycles. The highest BCUT2D eigenvalue weighted by atomic mass is 16.5. The van der Waals surface area contributed by atoms with E-state index in [0.29, 0.717) is 29.5 Å². The molecule has 0 heterocycles. The molecule has 0 saturated carbocycles. The Morgan fingerprint density at radius 1 is 1.35 bits per heavy atom. The molecular formula is C16H25NO3. The maximum atomic E-state index is 11.7. The van der Waals surface area contributed by atoms with E-state index in [9.17, 15) is 4.79 Å². The predicted molar refractivity (Wildman–Crippen MR) is 81.0 cm³/mol. The summed E-state index contributed by atoms with van der Waals surface area (Å²) in [5, 5.41) is 0. The molecule has 20 heavy (non-hydrogen) atoms. The van der Waals surface area contributed by atoms with Crippen molar-refractivity contribution in [2.45, 2.75) is 39.5 Å². The lowest BCUT2D eigenvalue weighted by Crippen LogP contribution is -2.14. The summed E-state index contributed by atoms with van der Waals surface area (Å²) in [6, 6.07) is 5.00. The predicted octanol–water partition coefficient (Wildman–Crippen LogP) is 3.65. The SMILES string of the molecule is CCCCC(CC)COc1cc(N)ccc1C(=O)OC. The number of carbonyl (C=O) groups excluding carboxylic acids is 1. The summed E-state index contributed by atoms with van der Waals surface area (Å²) in [6.07, 6.45) is 4.59. The van der Waals surface area contributed by atoms with Crippen LogP contribution in [0.25, 0.3) is 0 Å². The van der Waals surface area contributed by atoms with Gasteiger partial charge >= 0.3 is 5.97 Å². The molecular weight excluding hydrogens is 254 g/mol. The summed E-state index contributed by atoms with van der Waals surface area (Å²) in [5.41, 5.74) is 6.76. The second-order valence-corrected chi connectivity index (χ2v) is 4.97. The van der Waals surface area contributed by atoms with Crippen LogP contribution >= 0.6 is 0 Å². The van der Waals surface area contributed by atoms with Gasteiger partial charge in [-0.05, 0) is 24.5 Å². The molecule has 1 atom stereocenters. The lowest BCUT2D eigenvalue weighted by atomic mass is 10.0. The normalized spacial score (nSPS) is 11.9. The number of carbonyl (C=O) groups is 1. The Bertz CT molecular complexity index is 432. The third-order valence-corrected chi connectivity index (χ3v) is 3.43. The monoisotopic (exact) mass is 279 g/mol. The van der Waals surface area contributed by atoms with Crippen molar-refractivity contribution in [3.05, 3.63) is 23.8 Å². The van der Waals surface area contributed by atoms with Gasteiger partial charge in [0.05, 0.1) is 13.7 Å². The number of hydrogen-bond acceptors (Lipinski definition) is 4. The number of methoxy groups -OCH3 is 1. The molecule has 4 nitrogen and oxygen atoms in total. The molecule has 2 N–H and O–H groups in total. The van der Waals surface area contributed by atoms with Gasteiger partial charge in [-0.3, -0.25) is 0 Å². The Morgan fingerprint density at radius 2 is 2.10 bits per heavy atom. The highest BCUT2D eigenvalue weighted by Gasteiger charge is 2.15. The van der Waals surface area contributed by atoms with Crippen molar-refractivity contribution in [2.24, 2.45) is 5.92 Å². The number of esters is 1. The van der Waals surface area contributed by atoms with E-state index in [1.165, 1.54) is 20.0 Å². The van der Waals surface area contributed by atoms with Gasteiger partial charge in [0.15, 0.2) is 0 Å². The Balaban J connectivity index is 2.74. The van der Waals surface area contributed by atoms with Gasteiger partial charge < -0.3 is 15.2 Å². The number of nitrogens with two attached hydrogens (primary N) is 1. The first kappa shape index (κ1) is 16.3. The fourth-order valence-electron chi connectivity index (χ4n) is 2.04. The van der Waals surface area contributed by atoms with Crippen LogP contribution in [0.2, 0.25) is 0 Å². The van der Waals surface area contributed by atoms with Gasteiger partial charge in [-0.1, -0.05) is 33.1 Å². The lowest BCUT2D eigenvalue weighted by molar-refractivity contribution is 0.0595. The van der Waals surface area contributed by atoms with Gasteiger partial charge in [-0.2, -0.15) is 0 Å². The zero-order valence-electron chi connectivity index (χ0n) is 12.6. The number of unbranched alkanes of at least 4 members (excludes halogenated alkanes) is 1. The van der Waals surface area contributed by atoms with Crippen LogP contribution in [0.3, 0.4) is 0 Å². The fourth-order valence-corrected chi connectivity index (χ4v) is 2.04. The average molecular weight is 279 g/mol. The van der Waals surface area contributed by atoms with Crippen molar-refractivity contribution in [3.63, 3.8) is 0 Å². The molecule has 4 heteroatoms. The Hall–Kier alpha value is -1.71. The van der Waals surface area contributed by atoms with Gasteiger partial charge in [0, 0.05) is 11.8 Å². The quantitative estimate of drug-likeness (QED) is 0.583. The van der Waals surface area contributed by atoms with Crippen LogP contribution < -0.4 is 10.5 Å². The van der Waals surface area contributed by atoms with Crippen LogP contribution in [0.15, 0.2) is 18.2 Å². The van der Waals surface area contributed by atoms with Crippen molar-refractivity contribution in [2.75, 3.05) is 19.5 Å². The summed E-state index contributed by atoms with van der Waals surface area (Å²) < 4.78 is 10.6. The smallest absolute Gasteiger partial charge is 0.341 e. The first-order chi connectivity index (χ1) is 9.62. The van der Waals surface area contributed by atoms with Crippen molar-refractivity contribution in [1.82, 2.24) is 0 Å². The van der Waals surface area contributed by atoms with Gasteiger partial charge in [0.25, 0.3) is 0 Å². The number of nitrogen functional groups attached to an aromatic ring is 1. The summed E-state index contributed by atoms with van der Waals surface area (Å²) in [4.78, 5) is 11.7. The average Bonchev–Trinajstić information content (AvgIpc) is 2.47. The third kappa shape index (κ3) is 4.76. The molecule has 1 aromatic rings. The minimum Gasteiger partial charge on any atom is -0.492 e. The molecule has 112 valence electrons. The summed E-state index contributed by atoms with van der Waals surface area (Å²) in [6.45, 7) is 4.94. The van der Waals surface area contributed by atoms with Crippen LogP contribution in [-0.2, 0) is 4.74 Å². The molecule has 0 fully saturated rings. The Kier molecular flexibility index (Phi) is 6.91. The van der Waals surface area contributed by atoms with Crippen molar-refractivity contribution in [1.29, 1.82) is 0 Å². The number of rotatable bonds is 8. The molecule has 1 unspecified atom stereocenters. The van der Waals surface area contributed by atoms with E-state index in [4.69, 9.17) is 15.2 Å². The summed E-state index contributed by atoms with van der Waals surface area (Å²) in [5.74, 6) is 0.607. The van der Waals surface area contributed by atoms with Crippen LogP contribution in [0.4, 0.5) is 5.69 Å². The van der Waals surface area contributed by atoms with E-state index in [1.807, 2.05) is 0 Å². The largest absolute Gasteiger partial charge is 0.492 e. The highest BCUT2D eigenvalue weighted by molar-refractivity contribution is 5.93. The molecule has 0 spiro atoms. The minimum atomic E-state index is -0.401. The molecule has 0 aliphatic heterocycles. The summed E-state index contributed by atoms with van der Waals surface area (Å²) in [7, 11) is 1.36. The van der Waals surface area contributed by atoms with E-state index in [0.717, 1.165) is 12.8 Å². The summed E-state index contributed by atoms with van der Waals surface area (Å²) >= 11 is 0. The van der Waals surface area contributed by atoms with E-state index in [-0.39, 0.29) is 0 Å². The highest BCUT2D eigenvalue weighted by Crippen LogP contribution is 2.24. The standard InChI is InChI=1S/C16H25NO3/c1-4-6-7-12(5-2)11-20-15-10-13(17)8-9-14(15)16(18)19-3/h8-10,12H,4-7,11,17H2,1-3H3. The van der Waals surface area contributed by atoms with Crippen LogP contribution in [-0.4, -0.2) is 19.7 Å². The lowest BCUT2D eigenvalue weighted by Gasteiger charge is -2.17. The zero-order valence-corrected chi connectivity index (χ0v) is 12.6. The minimum absolute atomic E-state index is 0.401. The Labute approximate surface area is 121 Å². The zero-order chi connectivity index (χ0) is 15.0. The molecule has 1 aromatic carbocycles. The molecule has 0 aliphatic rings. The fraction of sp³-hybridized carbons (Fsp3) is 0.562. The van der Waals surface area contributed by atoms with Gasteiger partial charge in [0.1, 0.15) is 11.3 Å². The molecule has 0 radical (unpaired) electrons. The van der Waals surface area contributed by atoms with E-state index in [1.54, 1.807) is 18.2 Å². The second kappa shape index (κ2) is 8.46. The van der Waals surface area contributed by atoms with Crippen molar-refractivity contribution in [3.8, 4) is 5.75 Å². The number of ether oxygens (including phenoxy) is 2. The molecule has 0 amide bonds. The Morgan fingerprint density at radius 3 is 2.70 bits per heavy atom.